The van der Waals surface area contributed by atoms with Gasteiger partial charge in [-0.25, -0.2) is 0 Å². The Bertz CT molecular complexity index is 336. The van der Waals surface area contributed by atoms with Gasteiger partial charge in [-0.15, -0.1) is 0 Å². The fourth-order valence-electron chi connectivity index (χ4n) is 3.29. The van der Waals surface area contributed by atoms with Crippen molar-refractivity contribution < 1.29 is 0 Å². The molecule has 1 heterocycles. The molecule has 3 atom stereocenters. The van der Waals surface area contributed by atoms with Crippen molar-refractivity contribution in [2.45, 2.75) is 52.0 Å². The summed E-state index contributed by atoms with van der Waals surface area (Å²) in [5.41, 5.74) is 1.36. The zero-order chi connectivity index (χ0) is 12.8. The molecule has 0 aliphatic heterocycles. The normalized spacial score (nSPS) is 25.9. The summed E-state index contributed by atoms with van der Waals surface area (Å²) in [4.78, 5) is 4.23. The second-order valence-corrected chi connectivity index (χ2v) is 5.76. The average Bonchev–Trinajstić information content (AvgIpc) is 2.39. The summed E-state index contributed by atoms with van der Waals surface area (Å²) in [5, 5.41) is 3.69. The van der Waals surface area contributed by atoms with Crippen LogP contribution in [0.25, 0.3) is 0 Å². The maximum atomic E-state index is 4.23. The summed E-state index contributed by atoms with van der Waals surface area (Å²) in [6, 6.07) is 4.87. The van der Waals surface area contributed by atoms with Crippen molar-refractivity contribution in [3.8, 4) is 0 Å². The van der Waals surface area contributed by atoms with Gasteiger partial charge in [-0.3, -0.25) is 4.98 Å². The van der Waals surface area contributed by atoms with Crippen LogP contribution in [0.3, 0.4) is 0 Å². The van der Waals surface area contributed by atoms with Crippen molar-refractivity contribution in [3.63, 3.8) is 0 Å². The summed E-state index contributed by atoms with van der Waals surface area (Å²) in [6.07, 6.45) is 10.6. The van der Waals surface area contributed by atoms with E-state index in [1.54, 1.807) is 0 Å². The van der Waals surface area contributed by atoms with Crippen LogP contribution in [0.1, 0.15) is 45.1 Å². The molecule has 1 aliphatic carbocycles. The topological polar surface area (TPSA) is 24.9 Å². The van der Waals surface area contributed by atoms with E-state index in [1.807, 2.05) is 18.5 Å². The largest absolute Gasteiger partial charge is 0.314 e. The van der Waals surface area contributed by atoms with Crippen LogP contribution >= 0.6 is 0 Å². The van der Waals surface area contributed by atoms with E-state index in [4.69, 9.17) is 0 Å². The van der Waals surface area contributed by atoms with Gasteiger partial charge >= 0.3 is 0 Å². The van der Waals surface area contributed by atoms with Gasteiger partial charge in [0, 0.05) is 18.4 Å². The van der Waals surface area contributed by atoms with E-state index in [-0.39, 0.29) is 0 Å². The molecule has 1 N–H and O–H groups in total. The van der Waals surface area contributed by atoms with Crippen LogP contribution in [0.15, 0.2) is 24.5 Å². The second-order valence-electron chi connectivity index (χ2n) is 5.76. The third kappa shape index (κ3) is 3.81. The zero-order valence-electron chi connectivity index (χ0n) is 11.7. The first-order valence-electron chi connectivity index (χ1n) is 7.42. The maximum Gasteiger partial charge on any atom is 0.0300 e. The standard InChI is InChI=1S/C16H26N2/c1-3-18-16(11-14-7-5-9-17-12-14)15-8-4-6-13(2)10-15/h5,7,9,12-13,15-16,18H,3-4,6,8,10-11H2,1-2H3. The molecular formula is C16H26N2. The monoisotopic (exact) mass is 246 g/mol. The average molecular weight is 246 g/mol. The molecule has 0 radical (unpaired) electrons. The number of likely N-dealkylation sites (N-methyl/N-ethyl adjacent to an activating group) is 1. The molecule has 0 bridgehead atoms. The first kappa shape index (κ1) is 13.5. The van der Waals surface area contributed by atoms with E-state index in [1.165, 1.54) is 31.2 Å². The van der Waals surface area contributed by atoms with Gasteiger partial charge in [0.2, 0.25) is 0 Å². The first-order valence-corrected chi connectivity index (χ1v) is 7.42. The minimum Gasteiger partial charge on any atom is -0.314 e. The number of nitrogens with one attached hydrogen (secondary N) is 1. The molecule has 0 aromatic carbocycles. The van der Waals surface area contributed by atoms with Crippen molar-refractivity contribution in [2.24, 2.45) is 11.8 Å². The number of rotatable bonds is 5. The quantitative estimate of drug-likeness (QED) is 0.861. The summed E-state index contributed by atoms with van der Waals surface area (Å²) < 4.78 is 0. The summed E-state index contributed by atoms with van der Waals surface area (Å²) in [7, 11) is 0. The van der Waals surface area contributed by atoms with Crippen LogP contribution in [0, 0.1) is 11.8 Å². The Hall–Kier alpha value is -0.890. The lowest BCUT2D eigenvalue weighted by atomic mass is 9.77. The highest BCUT2D eigenvalue weighted by atomic mass is 14.9. The predicted molar refractivity (Wildman–Crippen MR) is 76.5 cm³/mol. The Labute approximate surface area is 111 Å². The number of aromatic nitrogens is 1. The Morgan fingerprint density at radius 2 is 2.33 bits per heavy atom. The second kappa shape index (κ2) is 6.89. The van der Waals surface area contributed by atoms with E-state index in [2.05, 4.69) is 30.2 Å². The molecule has 1 aromatic rings. The summed E-state index contributed by atoms with van der Waals surface area (Å²) >= 11 is 0. The highest BCUT2D eigenvalue weighted by molar-refractivity contribution is 5.10. The van der Waals surface area contributed by atoms with Crippen molar-refractivity contribution in [2.75, 3.05) is 6.54 Å². The lowest BCUT2D eigenvalue weighted by Gasteiger charge is -2.34. The highest BCUT2D eigenvalue weighted by Crippen LogP contribution is 2.31. The Balaban J connectivity index is 1.98. The number of hydrogen-bond donors (Lipinski definition) is 1. The van der Waals surface area contributed by atoms with Crippen LogP contribution in [0.2, 0.25) is 0 Å². The lowest BCUT2D eigenvalue weighted by Crippen LogP contribution is -2.40. The highest BCUT2D eigenvalue weighted by Gasteiger charge is 2.26. The van der Waals surface area contributed by atoms with Crippen LogP contribution in [0.5, 0.6) is 0 Å². The molecule has 100 valence electrons. The zero-order valence-corrected chi connectivity index (χ0v) is 11.7. The van der Waals surface area contributed by atoms with Gasteiger partial charge < -0.3 is 5.32 Å². The van der Waals surface area contributed by atoms with Crippen molar-refractivity contribution in [3.05, 3.63) is 30.1 Å². The van der Waals surface area contributed by atoms with Gasteiger partial charge in [0.1, 0.15) is 0 Å². The van der Waals surface area contributed by atoms with Gasteiger partial charge in [-0.2, -0.15) is 0 Å². The molecule has 1 saturated carbocycles. The molecule has 2 rings (SSSR count). The molecule has 0 spiro atoms. The third-order valence-electron chi connectivity index (χ3n) is 4.19. The van der Waals surface area contributed by atoms with Gasteiger partial charge in [0.25, 0.3) is 0 Å². The van der Waals surface area contributed by atoms with Gasteiger partial charge in [0.05, 0.1) is 0 Å². The van der Waals surface area contributed by atoms with E-state index < -0.39 is 0 Å². The fraction of sp³-hybridized carbons (Fsp3) is 0.688. The van der Waals surface area contributed by atoms with Crippen LogP contribution < -0.4 is 5.32 Å². The SMILES string of the molecule is CCNC(Cc1cccnc1)C1CCCC(C)C1. The molecule has 18 heavy (non-hydrogen) atoms. The Morgan fingerprint density at radius 1 is 1.44 bits per heavy atom. The molecular weight excluding hydrogens is 220 g/mol. The molecule has 3 unspecified atom stereocenters. The van der Waals surface area contributed by atoms with E-state index in [0.29, 0.717) is 6.04 Å². The molecule has 0 saturated heterocycles. The number of hydrogen-bond acceptors (Lipinski definition) is 2. The smallest absolute Gasteiger partial charge is 0.0300 e. The van der Waals surface area contributed by atoms with Gasteiger partial charge in [-0.05, 0) is 49.3 Å². The van der Waals surface area contributed by atoms with E-state index in [0.717, 1.165) is 24.8 Å². The number of pyridine rings is 1. The van der Waals surface area contributed by atoms with Crippen molar-refractivity contribution in [1.29, 1.82) is 0 Å². The van der Waals surface area contributed by atoms with Crippen LogP contribution in [0.4, 0.5) is 0 Å². The molecule has 0 amide bonds. The summed E-state index contributed by atoms with van der Waals surface area (Å²) in [6.45, 7) is 5.68. The Morgan fingerprint density at radius 3 is 3.00 bits per heavy atom. The Kier molecular flexibility index (Phi) is 5.18. The molecule has 1 aromatic heterocycles. The molecule has 1 fully saturated rings. The van der Waals surface area contributed by atoms with Crippen molar-refractivity contribution >= 4 is 0 Å². The van der Waals surface area contributed by atoms with E-state index >= 15 is 0 Å². The fourth-order valence-corrected chi connectivity index (χ4v) is 3.29. The molecule has 2 nitrogen and oxygen atoms in total. The molecule has 2 heteroatoms. The van der Waals surface area contributed by atoms with Gasteiger partial charge in [-0.1, -0.05) is 32.8 Å². The number of nitrogens with zero attached hydrogens (tertiary/aromatic N) is 1. The predicted octanol–water partition coefficient (Wildman–Crippen LogP) is 3.43. The maximum absolute atomic E-state index is 4.23. The van der Waals surface area contributed by atoms with E-state index in [9.17, 15) is 0 Å². The lowest BCUT2D eigenvalue weighted by molar-refractivity contribution is 0.222. The summed E-state index contributed by atoms with van der Waals surface area (Å²) in [5.74, 6) is 1.74. The van der Waals surface area contributed by atoms with Crippen molar-refractivity contribution in [1.82, 2.24) is 10.3 Å². The third-order valence-corrected chi connectivity index (χ3v) is 4.19. The first-order chi connectivity index (χ1) is 8.79. The van der Waals surface area contributed by atoms with Crippen LogP contribution in [-0.2, 0) is 6.42 Å². The minimum atomic E-state index is 0.627. The minimum absolute atomic E-state index is 0.627. The van der Waals surface area contributed by atoms with Gasteiger partial charge in [0.15, 0.2) is 0 Å². The molecule has 1 aliphatic rings. The van der Waals surface area contributed by atoms with Crippen LogP contribution in [-0.4, -0.2) is 17.6 Å².